The molecule has 3 aromatic rings. The number of nitro groups is 1. The molecule has 1 aliphatic heterocycles. The second-order valence-electron chi connectivity index (χ2n) is 10.4. The van der Waals surface area contributed by atoms with Crippen molar-refractivity contribution in [2.75, 3.05) is 11.9 Å². The highest BCUT2D eigenvalue weighted by Crippen LogP contribution is 2.60. The monoisotopic (exact) mass is 515 g/mol. The first-order valence-corrected chi connectivity index (χ1v) is 14.7. The van der Waals surface area contributed by atoms with E-state index in [4.69, 9.17) is 9.27 Å². The topological polar surface area (TPSA) is 68.0 Å². The smallest absolute Gasteiger partial charge is 0.294 e. The van der Waals surface area contributed by atoms with Crippen LogP contribution in [0.5, 0.6) is 0 Å². The fraction of sp³-hybridized carbons (Fsp3) is 0.333. The molecule has 0 aromatic heterocycles. The van der Waals surface area contributed by atoms with Gasteiger partial charge < -0.3 is 9.42 Å². The van der Waals surface area contributed by atoms with Gasteiger partial charge in [-0.05, 0) is 30.5 Å². The molecule has 0 amide bonds. The third-order valence-corrected chi connectivity index (χ3v) is 10.3. The molecule has 192 valence electrons. The van der Waals surface area contributed by atoms with Crippen LogP contribution in [0.2, 0.25) is 0 Å². The van der Waals surface area contributed by atoms with E-state index in [0.717, 1.165) is 42.4 Å². The SMILES string of the molecule is CN1/C(=C\[P@@](=Nc2ccccc2[N+](=O)[O-])(OC2CCCCC2)c2ccccc2)C(C)(C)c2ccccc21. The Hall–Kier alpha value is -3.21. The third kappa shape index (κ3) is 4.88. The van der Waals surface area contributed by atoms with Gasteiger partial charge in [0, 0.05) is 41.0 Å². The highest BCUT2D eigenvalue weighted by molar-refractivity contribution is 7.72. The first kappa shape index (κ1) is 25.4. The van der Waals surface area contributed by atoms with Crippen molar-refractivity contribution in [2.45, 2.75) is 57.5 Å². The zero-order chi connectivity index (χ0) is 26.0. The first-order valence-electron chi connectivity index (χ1n) is 13.0. The number of nitro benzene ring substituents is 1. The molecule has 1 aliphatic carbocycles. The van der Waals surface area contributed by atoms with Crippen LogP contribution in [0.4, 0.5) is 17.1 Å². The Kier molecular flexibility index (Phi) is 7.06. The molecule has 1 atom stereocenters. The van der Waals surface area contributed by atoms with E-state index in [1.165, 1.54) is 18.1 Å². The lowest BCUT2D eigenvalue weighted by atomic mass is 9.84. The Morgan fingerprint density at radius 1 is 0.973 bits per heavy atom. The van der Waals surface area contributed by atoms with Gasteiger partial charge >= 0.3 is 0 Å². The van der Waals surface area contributed by atoms with Crippen molar-refractivity contribution in [3.63, 3.8) is 0 Å². The van der Waals surface area contributed by atoms with Gasteiger partial charge in [-0.25, -0.2) is 4.74 Å². The zero-order valence-electron chi connectivity index (χ0n) is 21.7. The van der Waals surface area contributed by atoms with E-state index >= 15 is 0 Å². The van der Waals surface area contributed by atoms with Gasteiger partial charge in [-0.2, -0.15) is 0 Å². The van der Waals surface area contributed by atoms with E-state index in [2.05, 4.69) is 68.0 Å². The Morgan fingerprint density at radius 3 is 2.32 bits per heavy atom. The van der Waals surface area contributed by atoms with Crippen molar-refractivity contribution in [1.82, 2.24) is 0 Å². The predicted molar refractivity (Wildman–Crippen MR) is 152 cm³/mol. The molecule has 1 saturated carbocycles. The molecule has 0 radical (unpaired) electrons. The van der Waals surface area contributed by atoms with Crippen molar-refractivity contribution in [3.8, 4) is 0 Å². The second-order valence-corrected chi connectivity index (χ2v) is 12.8. The lowest BCUT2D eigenvalue weighted by Gasteiger charge is -2.33. The van der Waals surface area contributed by atoms with Gasteiger partial charge in [0.1, 0.15) is 13.0 Å². The van der Waals surface area contributed by atoms with Crippen LogP contribution in [0.1, 0.15) is 51.5 Å². The highest BCUT2D eigenvalue weighted by Gasteiger charge is 2.41. The number of benzene rings is 3. The number of hydrogen-bond donors (Lipinski definition) is 0. The van der Waals surface area contributed by atoms with Gasteiger partial charge in [-0.15, -0.1) is 0 Å². The molecule has 0 unspecified atom stereocenters. The number of allylic oxidation sites excluding steroid dienone is 1. The summed E-state index contributed by atoms with van der Waals surface area (Å²) >= 11 is 0. The van der Waals surface area contributed by atoms with Crippen LogP contribution in [-0.4, -0.2) is 18.1 Å². The molecular formula is C30H34N3O3P. The highest BCUT2D eigenvalue weighted by atomic mass is 31.2. The second kappa shape index (κ2) is 10.3. The Labute approximate surface area is 219 Å². The summed E-state index contributed by atoms with van der Waals surface area (Å²) in [4.78, 5) is 13.9. The standard InChI is InChI=1S/C30H34N3O3P/c1-30(2)25-18-10-12-20-27(25)32(3)29(30)22-37(24-16-8-5-9-17-24,36-23-14-6-4-7-15-23)31-26-19-11-13-21-28(26)33(34)35/h5,8-13,16-23H,4,6-7,14-15H2,1-3H3/b29-22-/t37-/m1/s1. The number of likely N-dealkylation sites (N-methyl/N-ethyl adjacent to an activating group) is 1. The molecule has 37 heavy (non-hydrogen) atoms. The maximum atomic E-state index is 12.0. The molecule has 0 bridgehead atoms. The Bertz CT molecular complexity index is 1380. The molecular weight excluding hydrogens is 481 g/mol. The van der Waals surface area contributed by atoms with E-state index in [1.807, 2.05) is 18.2 Å². The van der Waals surface area contributed by atoms with E-state index in [1.54, 1.807) is 18.2 Å². The molecule has 3 aromatic carbocycles. The summed E-state index contributed by atoms with van der Waals surface area (Å²) in [6.45, 7) is 4.46. The largest absolute Gasteiger partial charge is 0.347 e. The maximum Gasteiger partial charge on any atom is 0.294 e. The van der Waals surface area contributed by atoms with Crippen molar-refractivity contribution in [2.24, 2.45) is 4.74 Å². The number of rotatable bonds is 6. The van der Waals surface area contributed by atoms with E-state index < -0.39 is 7.28 Å². The fourth-order valence-corrected chi connectivity index (χ4v) is 8.71. The third-order valence-electron chi connectivity index (χ3n) is 7.56. The average molecular weight is 516 g/mol. The minimum absolute atomic E-state index is 0.00391. The summed E-state index contributed by atoms with van der Waals surface area (Å²) in [5, 5.41) is 12.9. The summed E-state index contributed by atoms with van der Waals surface area (Å²) in [5.41, 5.74) is 3.58. The minimum atomic E-state index is -2.88. The molecule has 0 spiro atoms. The van der Waals surface area contributed by atoms with E-state index in [-0.39, 0.29) is 22.1 Å². The quantitative estimate of drug-likeness (QED) is 0.188. The number of fused-ring (bicyclic) bond motifs is 1. The fourth-order valence-electron chi connectivity index (χ4n) is 5.57. The molecule has 1 heterocycles. The molecule has 1 fully saturated rings. The van der Waals surface area contributed by atoms with E-state index in [9.17, 15) is 10.1 Å². The lowest BCUT2D eigenvalue weighted by molar-refractivity contribution is -0.384. The molecule has 7 heteroatoms. The maximum absolute atomic E-state index is 12.0. The summed E-state index contributed by atoms with van der Waals surface area (Å²) in [6.07, 6.45) is 5.47. The van der Waals surface area contributed by atoms with Crippen LogP contribution in [0.3, 0.4) is 0 Å². The van der Waals surface area contributed by atoms with Gasteiger partial charge in [-0.3, -0.25) is 10.1 Å². The van der Waals surface area contributed by atoms with Gasteiger partial charge in [-0.1, -0.05) is 93.8 Å². The number of para-hydroxylation sites is 2. The minimum Gasteiger partial charge on any atom is -0.347 e. The first-order chi connectivity index (χ1) is 17.8. The number of nitrogens with zero attached hydrogens (tertiary/aromatic N) is 3. The normalized spacial score (nSPS) is 19.9. The predicted octanol–water partition coefficient (Wildman–Crippen LogP) is 8.29. The number of anilines is 1. The molecule has 2 aliphatic rings. The summed E-state index contributed by atoms with van der Waals surface area (Å²) in [6, 6.07) is 25.3. The van der Waals surface area contributed by atoms with Gasteiger partial charge in [0.05, 0.1) is 11.0 Å². The van der Waals surface area contributed by atoms with E-state index in [0.29, 0.717) is 5.69 Å². The number of hydrogen-bond acceptors (Lipinski definition) is 5. The summed E-state index contributed by atoms with van der Waals surface area (Å²) in [7, 11) is -0.796. The summed E-state index contributed by atoms with van der Waals surface area (Å²) < 4.78 is 12.4. The average Bonchev–Trinajstić information content (AvgIpc) is 3.10. The van der Waals surface area contributed by atoms with Gasteiger partial charge in [0.25, 0.3) is 5.69 Å². The van der Waals surface area contributed by atoms with Gasteiger partial charge in [0.15, 0.2) is 0 Å². The molecule has 5 rings (SSSR count). The molecule has 0 N–H and O–H groups in total. The van der Waals surface area contributed by atoms with Crippen LogP contribution in [0.15, 0.2) is 95.1 Å². The van der Waals surface area contributed by atoms with Crippen molar-refractivity contribution in [1.29, 1.82) is 0 Å². The lowest BCUT2D eigenvalue weighted by Crippen LogP contribution is -2.25. The van der Waals surface area contributed by atoms with Crippen LogP contribution >= 0.6 is 7.28 Å². The Balaban J connectivity index is 1.80. The van der Waals surface area contributed by atoms with Crippen LogP contribution in [-0.2, 0) is 9.94 Å². The molecule has 0 saturated heterocycles. The van der Waals surface area contributed by atoms with Crippen LogP contribution in [0.25, 0.3) is 0 Å². The van der Waals surface area contributed by atoms with Crippen molar-refractivity contribution in [3.05, 3.63) is 106 Å². The van der Waals surface area contributed by atoms with Gasteiger partial charge in [0.2, 0.25) is 0 Å². The summed E-state index contributed by atoms with van der Waals surface area (Å²) in [5.74, 6) is 2.22. The van der Waals surface area contributed by atoms with Crippen LogP contribution < -0.4 is 10.2 Å². The zero-order valence-corrected chi connectivity index (χ0v) is 22.6. The Morgan fingerprint density at radius 2 is 1.62 bits per heavy atom. The molecule has 6 nitrogen and oxygen atoms in total. The van der Waals surface area contributed by atoms with Crippen LogP contribution in [0, 0.1) is 10.1 Å². The van der Waals surface area contributed by atoms with Crippen molar-refractivity contribution < 1.29 is 9.45 Å². The van der Waals surface area contributed by atoms with Crippen molar-refractivity contribution >= 4 is 29.6 Å².